The van der Waals surface area contributed by atoms with E-state index in [9.17, 15) is 5.11 Å². The van der Waals surface area contributed by atoms with Gasteiger partial charge in [-0.05, 0) is 43.5 Å². The number of piperidine rings is 1. The van der Waals surface area contributed by atoms with E-state index >= 15 is 0 Å². The summed E-state index contributed by atoms with van der Waals surface area (Å²) in [4.78, 5) is 0. The molecule has 1 fully saturated rings. The molecular weight excluding hydrogens is 290 g/mol. The Morgan fingerprint density at radius 3 is 2.94 bits per heavy atom. The first-order chi connectivity index (χ1) is 8.68. The average molecular weight is 310 g/mol. The van der Waals surface area contributed by atoms with Crippen molar-refractivity contribution in [3.05, 3.63) is 47.0 Å². The zero-order chi connectivity index (χ0) is 13.0. The van der Waals surface area contributed by atoms with E-state index in [4.69, 9.17) is 0 Å². The number of rotatable bonds is 4. The minimum absolute atomic E-state index is 0.249. The number of benzene rings is 1. The van der Waals surface area contributed by atoms with Crippen LogP contribution in [0.15, 0.2) is 41.4 Å². The van der Waals surface area contributed by atoms with E-state index < -0.39 is 6.10 Å². The van der Waals surface area contributed by atoms with Crippen molar-refractivity contribution in [3.8, 4) is 0 Å². The Morgan fingerprint density at radius 2 is 2.33 bits per heavy atom. The van der Waals surface area contributed by atoms with Gasteiger partial charge in [-0.2, -0.15) is 0 Å². The van der Waals surface area contributed by atoms with Crippen LogP contribution in [-0.4, -0.2) is 17.2 Å². The van der Waals surface area contributed by atoms with Crippen LogP contribution in [0.4, 0.5) is 0 Å². The van der Waals surface area contributed by atoms with Gasteiger partial charge in [-0.1, -0.05) is 40.6 Å². The molecule has 98 valence electrons. The van der Waals surface area contributed by atoms with Crippen LogP contribution >= 0.6 is 15.9 Å². The lowest BCUT2D eigenvalue weighted by atomic mass is 9.78. The van der Waals surface area contributed by atoms with Gasteiger partial charge in [-0.3, -0.25) is 0 Å². The lowest BCUT2D eigenvalue weighted by molar-refractivity contribution is 0.0410. The Kier molecular flexibility index (Phi) is 4.60. The summed E-state index contributed by atoms with van der Waals surface area (Å²) in [6, 6.07) is 7.92. The van der Waals surface area contributed by atoms with Crippen molar-refractivity contribution in [2.24, 2.45) is 0 Å². The van der Waals surface area contributed by atoms with Crippen molar-refractivity contribution in [3.63, 3.8) is 0 Å². The Balaban J connectivity index is 2.27. The number of aliphatic hydroxyl groups excluding tert-OH is 1. The van der Waals surface area contributed by atoms with E-state index in [1.165, 1.54) is 6.42 Å². The summed E-state index contributed by atoms with van der Waals surface area (Å²) in [7, 11) is 0. The van der Waals surface area contributed by atoms with Crippen molar-refractivity contribution in [2.45, 2.75) is 37.3 Å². The Bertz CT molecular complexity index is 413. The summed E-state index contributed by atoms with van der Waals surface area (Å²) in [5, 5.41) is 14.2. The summed E-state index contributed by atoms with van der Waals surface area (Å²) in [5.41, 5.74) is 0.710. The minimum atomic E-state index is -0.492. The van der Waals surface area contributed by atoms with Crippen LogP contribution in [0.25, 0.3) is 0 Å². The third-order valence-electron chi connectivity index (χ3n) is 3.72. The summed E-state index contributed by atoms with van der Waals surface area (Å²) in [6.45, 7) is 4.80. The van der Waals surface area contributed by atoms with Gasteiger partial charge in [0, 0.05) is 4.47 Å². The first-order valence-electron chi connectivity index (χ1n) is 6.47. The fraction of sp³-hybridized carbons (Fsp3) is 0.467. The molecule has 1 aromatic rings. The molecule has 0 bridgehead atoms. The molecule has 1 aliphatic heterocycles. The molecular formula is C15H20BrNO. The van der Waals surface area contributed by atoms with Gasteiger partial charge in [0.2, 0.25) is 0 Å². The van der Waals surface area contributed by atoms with Crippen LogP contribution in [0.5, 0.6) is 0 Å². The lowest BCUT2D eigenvalue weighted by Crippen LogP contribution is -2.52. The molecule has 1 heterocycles. The van der Waals surface area contributed by atoms with Crippen molar-refractivity contribution < 1.29 is 5.11 Å². The highest BCUT2D eigenvalue weighted by Gasteiger charge is 2.38. The van der Waals surface area contributed by atoms with Gasteiger partial charge in [0.1, 0.15) is 0 Å². The Hall–Kier alpha value is -0.640. The smallest absolute Gasteiger partial charge is 0.0974 e. The molecule has 0 aliphatic carbocycles. The van der Waals surface area contributed by atoms with Gasteiger partial charge in [0.15, 0.2) is 0 Å². The molecule has 0 saturated carbocycles. The number of hydrogen-bond donors (Lipinski definition) is 2. The van der Waals surface area contributed by atoms with Gasteiger partial charge < -0.3 is 10.4 Å². The summed E-state index contributed by atoms with van der Waals surface area (Å²) in [5.74, 6) is 0. The molecule has 0 aromatic heterocycles. The zero-order valence-electron chi connectivity index (χ0n) is 10.5. The molecule has 0 radical (unpaired) electrons. The molecule has 1 saturated heterocycles. The van der Waals surface area contributed by atoms with Gasteiger partial charge in [0.25, 0.3) is 0 Å². The summed E-state index contributed by atoms with van der Waals surface area (Å²) < 4.78 is 1.00. The zero-order valence-corrected chi connectivity index (χ0v) is 12.1. The number of aliphatic hydroxyl groups is 1. The van der Waals surface area contributed by atoms with Gasteiger partial charge in [0.05, 0.1) is 11.6 Å². The standard InChI is InChI=1S/C15H20BrNO/c1-2-8-15(9-3-4-10-17-15)14(18)12-6-5-7-13(16)11-12/h2,5-7,11,14,17-18H,1,3-4,8-10H2/t14-,15+/m0/s1. The lowest BCUT2D eigenvalue weighted by Gasteiger charge is -2.42. The van der Waals surface area contributed by atoms with Gasteiger partial charge >= 0.3 is 0 Å². The molecule has 3 heteroatoms. The summed E-state index contributed by atoms with van der Waals surface area (Å²) in [6.07, 6.45) is 5.54. The fourth-order valence-electron chi connectivity index (χ4n) is 2.76. The first kappa shape index (κ1) is 13.8. The Labute approximate surface area is 117 Å². The SMILES string of the molecule is C=CC[C@]1([C@@H](O)c2cccc(Br)c2)CCCCN1. The summed E-state index contributed by atoms with van der Waals surface area (Å²) >= 11 is 3.46. The van der Waals surface area contributed by atoms with Crippen LogP contribution in [0.3, 0.4) is 0 Å². The molecule has 0 unspecified atom stereocenters. The maximum atomic E-state index is 10.7. The molecule has 1 aromatic carbocycles. The van der Waals surface area contributed by atoms with Gasteiger partial charge in [-0.15, -0.1) is 6.58 Å². The maximum absolute atomic E-state index is 10.7. The van der Waals surface area contributed by atoms with Crippen molar-refractivity contribution >= 4 is 15.9 Å². The van der Waals surface area contributed by atoms with E-state index in [0.717, 1.165) is 35.8 Å². The van der Waals surface area contributed by atoms with Crippen molar-refractivity contribution in [2.75, 3.05) is 6.54 Å². The number of halogens is 1. The molecule has 18 heavy (non-hydrogen) atoms. The van der Waals surface area contributed by atoms with Crippen LogP contribution < -0.4 is 5.32 Å². The molecule has 0 spiro atoms. The number of nitrogens with one attached hydrogen (secondary N) is 1. The predicted molar refractivity (Wildman–Crippen MR) is 78.5 cm³/mol. The highest BCUT2D eigenvalue weighted by molar-refractivity contribution is 9.10. The van der Waals surface area contributed by atoms with E-state index in [1.807, 2.05) is 30.3 Å². The molecule has 2 rings (SSSR count). The molecule has 0 amide bonds. The topological polar surface area (TPSA) is 32.3 Å². The minimum Gasteiger partial charge on any atom is -0.386 e. The largest absolute Gasteiger partial charge is 0.386 e. The van der Waals surface area contributed by atoms with Crippen LogP contribution in [0.2, 0.25) is 0 Å². The second-order valence-corrected chi connectivity index (χ2v) is 5.91. The molecule has 2 nitrogen and oxygen atoms in total. The number of hydrogen-bond acceptors (Lipinski definition) is 2. The second kappa shape index (κ2) is 6.00. The molecule has 2 atom stereocenters. The monoisotopic (exact) mass is 309 g/mol. The second-order valence-electron chi connectivity index (χ2n) is 4.99. The van der Waals surface area contributed by atoms with Crippen LogP contribution in [-0.2, 0) is 0 Å². The Morgan fingerprint density at radius 1 is 1.50 bits per heavy atom. The maximum Gasteiger partial charge on any atom is 0.0974 e. The highest BCUT2D eigenvalue weighted by atomic mass is 79.9. The molecule has 2 N–H and O–H groups in total. The third-order valence-corrected chi connectivity index (χ3v) is 4.22. The van der Waals surface area contributed by atoms with Gasteiger partial charge in [-0.25, -0.2) is 0 Å². The molecule has 1 aliphatic rings. The fourth-order valence-corrected chi connectivity index (χ4v) is 3.18. The third kappa shape index (κ3) is 2.85. The van der Waals surface area contributed by atoms with Crippen LogP contribution in [0, 0.1) is 0 Å². The average Bonchev–Trinajstić information content (AvgIpc) is 2.39. The van der Waals surface area contributed by atoms with E-state index in [-0.39, 0.29) is 5.54 Å². The van der Waals surface area contributed by atoms with E-state index in [2.05, 4.69) is 27.8 Å². The normalized spacial score (nSPS) is 25.7. The van der Waals surface area contributed by atoms with E-state index in [1.54, 1.807) is 0 Å². The van der Waals surface area contributed by atoms with Crippen molar-refractivity contribution in [1.29, 1.82) is 0 Å². The highest BCUT2D eigenvalue weighted by Crippen LogP contribution is 2.36. The van der Waals surface area contributed by atoms with Crippen molar-refractivity contribution in [1.82, 2.24) is 5.32 Å². The quantitative estimate of drug-likeness (QED) is 0.833. The predicted octanol–water partition coefficient (Wildman–Crippen LogP) is 3.57. The van der Waals surface area contributed by atoms with Crippen LogP contribution in [0.1, 0.15) is 37.4 Å². The van der Waals surface area contributed by atoms with E-state index in [0.29, 0.717) is 0 Å². The first-order valence-corrected chi connectivity index (χ1v) is 7.27.